The van der Waals surface area contributed by atoms with Gasteiger partial charge in [0.1, 0.15) is 12.5 Å². The maximum absolute atomic E-state index is 12.2. The molecule has 0 radical (unpaired) electrons. The fourth-order valence-electron chi connectivity index (χ4n) is 1.17. The van der Waals surface area contributed by atoms with E-state index in [2.05, 4.69) is 14.7 Å². The Morgan fingerprint density at radius 2 is 2.17 bits per heavy atom. The molecule has 0 fully saturated rings. The summed E-state index contributed by atoms with van der Waals surface area (Å²) in [6, 6.07) is 0. The quantitative estimate of drug-likeness (QED) is 0.739. The van der Waals surface area contributed by atoms with Gasteiger partial charge in [-0.3, -0.25) is 4.79 Å². The number of nitrogens with zero attached hydrogens (tertiary/aromatic N) is 2. The van der Waals surface area contributed by atoms with Gasteiger partial charge in [0.15, 0.2) is 5.82 Å². The summed E-state index contributed by atoms with van der Waals surface area (Å²) in [7, 11) is 0. The Morgan fingerprint density at radius 3 is 2.72 bits per heavy atom. The number of carbonyl (C=O) groups excluding carboxylic acids is 1. The van der Waals surface area contributed by atoms with Crippen molar-refractivity contribution < 1.29 is 27.2 Å². The zero-order valence-corrected chi connectivity index (χ0v) is 9.95. The minimum atomic E-state index is -4.91. The van der Waals surface area contributed by atoms with E-state index in [-0.39, 0.29) is 18.3 Å². The average Bonchev–Trinajstić information content (AvgIpc) is 2.75. The first kappa shape index (κ1) is 14.6. The zero-order valence-electron chi connectivity index (χ0n) is 9.95. The Kier molecular flexibility index (Phi) is 4.83. The third-order valence-electron chi connectivity index (χ3n) is 2.11. The molecule has 0 saturated heterocycles. The second-order valence-corrected chi connectivity index (χ2v) is 3.69. The predicted octanol–water partition coefficient (Wildman–Crippen LogP) is 2.23. The molecule has 0 spiro atoms. The number of alkyl halides is 3. The number of ketones is 1. The van der Waals surface area contributed by atoms with Crippen molar-refractivity contribution in [3.63, 3.8) is 0 Å². The Balaban J connectivity index is 2.65. The molecule has 18 heavy (non-hydrogen) atoms. The van der Waals surface area contributed by atoms with Crippen molar-refractivity contribution in [1.29, 1.82) is 0 Å². The van der Waals surface area contributed by atoms with Crippen molar-refractivity contribution in [3.8, 4) is 0 Å². The molecule has 1 unspecified atom stereocenters. The lowest BCUT2D eigenvalue weighted by Crippen LogP contribution is -2.27. The number of Topliss-reactive ketones (excluding diaryl/α,β-unsaturated/α-hetero) is 1. The molecule has 1 atom stereocenters. The van der Waals surface area contributed by atoms with Gasteiger partial charge in [0.2, 0.25) is 11.7 Å². The highest BCUT2D eigenvalue weighted by Crippen LogP contribution is 2.26. The molecule has 102 valence electrons. The van der Waals surface area contributed by atoms with Crippen LogP contribution in [-0.4, -0.2) is 28.7 Å². The number of ether oxygens (including phenoxy) is 1. The number of carbonyl (C=O) groups is 1. The van der Waals surface area contributed by atoms with Crippen molar-refractivity contribution in [2.45, 2.75) is 39.0 Å². The first-order valence-electron chi connectivity index (χ1n) is 5.37. The molecule has 0 aliphatic carbocycles. The van der Waals surface area contributed by atoms with Crippen LogP contribution in [0.15, 0.2) is 4.52 Å². The molecule has 0 saturated carbocycles. The first-order chi connectivity index (χ1) is 8.36. The van der Waals surface area contributed by atoms with Crippen molar-refractivity contribution in [1.82, 2.24) is 10.1 Å². The largest absolute Gasteiger partial charge is 0.450 e. The van der Waals surface area contributed by atoms with E-state index >= 15 is 0 Å². The van der Waals surface area contributed by atoms with Gasteiger partial charge >= 0.3 is 6.18 Å². The number of halogens is 3. The summed E-state index contributed by atoms with van der Waals surface area (Å²) < 4.78 is 46.2. The van der Waals surface area contributed by atoms with Gasteiger partial charge in [-0.1, -0.05) is 12.1 Å². The molecule has 0 aliphatic heterocycles. The van der Waals surface area contributed by atoms with Crippen molar-refractivity contribution >= 4 is 5.78 Å². The molecule has 0 N–H and O–H groups in total. The summed E-state index contributed by atoms with van der Waals surface area (Å²) in [6.45, 7) is 3.51. The van der Waals surface area contributed by atoms with Crippen molar-refractivity contribution in [3.05, 3.63) is 11.7 Å². The summed E-state index contributed by atoms with van der Waals surface area (Å²) >= 11 is 0. The summed E-state index contributed by atoms with van der Waals surface area (Å²) in [5.41, 5.74) is 0. The van der Waals surface area contributed by atoms with Gasteiger partial charge in [-0.15, -0.1) is 0 Å². The van der Waals surface area contributed by atoms with E-state index in [1.807, 2.05) is 6.92 Å². The first-order valence-corrected chi connectivity index (χ1v) is 5.37. The lowest BCUT2D eigenvalue weighted by atomic mass is 10.1. The highest BCUT2D eigenvalue weighted by atomic mass is 19.4. The molecule has 1 rings (SSSR count). The number of rotatable bonds is 6. The smallest absolute Gasteiger partial charge is 0.373 e. The number of hydrogen-bond acceptors (Lipinski definition) is 5. The third kappa shape index (κ3) is 3.80. The molecule has 1 aromatic heterocycles. The van der Waals surface area contributed by atoms with Gasteiger partial charge in [0.05, 0.1) is 0 Å². The van der Waals surface area contributed by atoms with Gasteiger partial charge in [-0.05, 0) is 13.3 Å². The van der Waals surface area contributed by atoms with E-state index in [9.17, 15) is 18.0 Å². The van der Waals surface area contributed by atoms with Gasteiger partial charge in [-0.25, -0.2) is 0 Å². The minimum absolute atomic E-state index is 0.0459. The highest BCUT2D eigenvalue weighted by Gasteiger charge is 2.43. The lowest BCUT2D eigenvalue weighted by molar-refractivity contribution is -0.172. The summed E-state index contributed by atoms with van der Waals surface area (Å²) in [4.78, 5) is 14.6. The molecule has 0 aliphatic rings. The Bertz CT molecular complexity index is 403. The summed E-state index contributed by atoms with van der Waals surface area (Å²) in [5, 5.41) is 3.44. The van der Waals surface area contributed by atoms with Crippen LogP contribution in [0.25, 0.3) is 0 Å². The fraction of sp³-hybridized carbons (Fsp3) is 0.700. The van der Waals surface area contributed by atoms with E-state index in [1.54, 1.807) is 0 Å². The zero-order chi connectivity index (χ0) is 13.8. The number of hydrogen-bond donors (Lipinski definition) is 0. The average molecular weight is 266 g/mol. The fourth-order valence-corrected chi connectivity index (χ4v) is 1.17. The van der Waals surface area contributed by atoms with Crippen LogP contribution in [0.2, 0.25) is 0 Å². The topological polar surface area (TPSA) is 65.2 Å². The lowest BCUT2D eigenvalue weighted by Gasteiger charge is -2.08. The molecule has 1 heterocycles. The second-order valence-electron chi connectivity index (χ2n) is 3.69. The molecular formula is C10H13F3N2O3. The SMILES string of the molecule is CCCOCc1noc(C(C)C(=O)C(F)(F)F)n1. The minimum Gasteiger partial charge on any atom is -0.373 e. The molecule has 0 aromatic carbocycles. The van der Waals surface area contributed by atoms with Crippen LogP contribution in [0.1, 0.15) is 37.9 Å². The van der Waals surface area contributed by atoms with Crippen LogP contribution < -0.4 is 0 Å². The predicted molar refractivity (Wildman–Crippen MR) is 53.7 cm³/mol. The van der Waals surface area contributed by atoms with E-state index in [0.29, 0.717) is 6.61 Å². The summed E-state index contributed by atoms with van der Waals surface area (Å²) in [5.74, 6) is -3.64. The Labute approximate surface area is 101 Å². The van der Waals surface area contributed by atoms with Gasteiger partial charge in [-0.2, -0.15) is 18.2 Å². The third-order valence-corrected chi connectivity index (χ3v) is 2.11. The second kappa shape index (κ2) is 5.94. The maximum Gasteiger partial charge on any atom is 0.450 e. The number of aromatic nitrogens is 2. The maximum atomic E-state index is 12.2. The monoisotopic (exact) mass is 266 g/mol. The molecule has 8 heteroatoms. The van der Waals surface area contributed by atoms with E-state index < -0.39 is 17.9 Å². The van der Waals surface area contributed by atoms with Crippen molar-refractivity contribution in [2.24, 2.45) is 0 Å². The van der Waals surface area contributed by atoms with E-state index in [1.165, 1.54) is 0 Å². The summed E-state index contributed by atoms with van der Waals surface area (Å²) in [6.07, 6.45) is -4.11. The van der Waals surface area contributed by atoms with Crippen LogP contribution in [0.4, 0.5) is 13.2 Å². The van der Waals surface area contributed by atoms with Gasteiger partial charge in [0.25, 0.3) is 0 Å². The van der Waals surface area contributed by atoms with Crippen LogP contribution in [0, 0.1) is 0 Å². The van der Waals surface area contributed by atoms with Crippen LogP contribution in [0.3, 0.4) is 0 Å². The molecule has 5 nitrogen and oxygen atoms in total. The van der Waals surface area contributed by atoms with Crippen molar-refractivity contribution in [2.75, 3.05) is 6.61 Å². The normalized spacial score (nSPS) is 13.6. The van der Waals surface area contributed by atoms with Gasteiger partial charge < -0.3 is 9.26 Å². The highest BCUT2D eigenvalue weighted by molar-refractivity contribution is 5.89. The Morgan fingerprint density at radius 1 is 1.50 bits per heavy atom. The molecule has 1 aromatic rings. The standard InChI is InChI=1S/C10H13F3N2O3/c1-3-4-17-5-7-14-9(18-15-7)6(2)8(16)10(11,12)13/h6H,3-5H2,1-2H3. The van der Waals surface area contributed by atoms with E-state index in [0.717, 1.165) is 13.3 Å². The van der Waals surface area contributed by atoms with Crippen LogP contribution in [0.5, 0.6) is 0 Å². The molecule has 0 amide bonds. The Hall–Kier alpha value is -1.44. The van der Waals surface area contributed by atoms with E-state index in [4.69, 9.17) is 4.74 Å². The molecular weight excluding hydrogens is 253 g/mol. The molecule has 0 bridgehead atoms. The van der Waals surface area contributed by atoms with Gasteiger partial charge in [0, 0.05) is 6.61 Å². The van der Waals surface area contributed by atoms with Crippen LogP contribution >= 0.6 is 0 Å². The van der Waals surface area contributed by atoms with Crippen LogP contribution in [-0.2, 0) is 16.1 Å².